The van der Waals surface area contributed by atoms with Crippen LogP contribution in [0.15, 0.2) is 48.5 Å². The van der Waals surface area contributed by atoms with Gasteiger partial charge < -0.3 is 14.8 Å². The van der Waals surface area contributed by atoms with Crippen molar-refractivity contribution < 1.29 is 9.47 Å². The minimum atomic E-state index is -0.159. The van der Waals surface area contributed by atoms with Gasteiger partial charge in [-0.25, -0.2) is 4.68 Å². The highest BCUT2D eigenvalue weighted by molar-refractivity contribution is 5.79. The fourth-order valence-corrected chi connectivity index (χ4v) is 3.22. The third kappa shape index (κ3) is 2.21. The van der Waals surface area contributed by atoms with Crippen molar-refractivity contribution >= 4 is 5.69 Å². The Balaban J connectivity index is 1.92. The molecule has 1 aliphatic heterocycles. The maximum Gasteiger partial charge on any atom is 0.151 e. The average molecular weight is 321 g/mol. The zero-order valence-electron chi connectivity index (χ0n) is 13.9. The lowest BCUT2D eigenvalue weighted by Crippen LogP contribution is -2.26. The van der Waals surface area contributed by atoms with Crippen LogP contribution in [0.5, 0.6) is 11.5 Å². The summed E-state index contributed by atoms with van der Waals surface area (Å²) in [4.78, 5) is 0. The Morgan fingerprint density at radius 2 is 1.88 bits per heavy atom. The molecule has 1 atom stereocenters. The molecular formula is C19H19N3O2. The predicted octanol–water partition coefficient (Wildman–Crippen LogP) is 3.85. The van der Waals surface area contributed by atoms with Gasteiger partial charge in [0.1, 0.15) is 11.5 Å². The lowest BCUT2D eigenvalue weighted by molar-refractivity contribution is 0.391. The number of aryl methyl sites for hydroxylation is 1. The number of rotatable bonds is 3. The topological polar surface area (TPSA) is 48.3 Å². The Kier molecular flexibility index (Phi) is 3.41. The van der Waals surface area contributed by atoms with Gasteiger partial charge in [-0.1, -0.05) is 18.2 Å². The van der Waals surface area contributed by atoms with Crippen LogP contribution in [0.3, 0.4) is 0 Å². The number of methoxy groups -OCH3 is 2. The maximum atomic E-state index is 5.57. The standard InChI is InChI=1S/C19H19N3O2/c1-12-10-17-14-6-4-5-7-16(14)20-19(22(17)21-12)15-11-13(23-2)8-9-18(15)24-3/h4-11,19-20H,1-3H3. The number of nitrogens with one attached hydrogen (secondary N) is 1. The number of nitrogens with zero attached hydrogens (tertiary/aromatic N) is 2. The van der Waals surface area contributed by atoms with Gasteiger partial charge in [0.25, 0.3) is 0 Å². The molecule has 0 saturated heterocycles. The Morgan fingerprint density at radius 3 is 2.67 bits per heavy atom. The Morgan fingerprint density at radius 1 is 1.04 bits per heavy atom. The van der Waals surface area contributed by atoms with Crippen LogP contribution in [-0.4, -0.2) is 24.0 Å². The first-order valence-electron chi connectivity index (χ1n) is 7.85. The number of hydrogen-bond acceptors (Lipinski definition) is 4. The summed E-state index contributed by atoms with van der Waals surface area (Å²) < 4.78 is 13.0. The smallest absolute Gasteiger partial charge is 0.151 e. The molecule has 1 unspecified atom stereocenters. The van der Waals surface area contributed by atoms with Crippen LogP contribution in [-0.2, 0) is 0 Å². The summed E-state index contributed by atoms with van der Waals surface area (Å²) in [5.41, 5.74) is 5.29. The zero-order chi connectivity index (χ0) is 16.7. The number of benzene rings is 2. The molecule has 1 N–H and O–H groups in total. The molecule has 5 heteroatoms. The first kappa shape index (κ1) is 14.6. The van der Waals surface area contributed by atoms with Crippen LogP contribution in [0.2, 0.25) is 0 Å². The van der Waals surface area contributed by atoms with Gasteiger partial charge in [-0.3, -0.25) is 0 Å². The van der Waals surface area contributed by atoms with E-state index in [0.717, 1.165) is 39.7 Å². The van der Waals surface area contributed by atoms with Crippen LogP contribution in [0.1, 0.15) is 17.4 Å². The molecule has 5 nitrogen and oxygen atoms in total. The Hall–Kier alpha value is -2.95. The van der Waals surface area contributed by atoms with Crippen LogP contribution in [0, 0.1) is 6.92 Å². The lowest BCUT2D eigenvalue weighted by atomic mass is 10.0. The molecule has 0 saturated carbocycles. The van der Waals surface area contributed by atoms with Gasteiger partial charge >= 0.3 is 0 Å². The lowest BCUT2D eigenvalue weighted by Gasteiger charge is -2.30. The number of anilines is 1. The second kappa shape index (κ2) is 5.60. The van der Waals surface area contributed by atoms with E-state index in [2.05, 4.69) is 23.5 Å². The van der Waals surface area contributed by atoms with E-state index in [4.69, 9.17) is 14.6 Å². The molecule has 0 aliphatic carbocycles. The van der Waals surface area contributed by atoms with E-state index in [1.807, 2.05) is 41.9 Å². The third-order valence-electron chi connectivity index (χ3n) is 4.33. The van der Waals surface area contributed by atoms with Crippen molar-refractivity contribution in [3.8, 4) is 22.8 Å². The fourth-order valence-electron chi connectivity index (χ4n) is 3.22. The second-order valence-electron chi connectivity index (χ2n) is 5.82. The van der Waals surface area contributed by atoms with Gasteiger partial charge in [-0.05, 0) is 37.3 Å². The van der Waals surface area contributed by atoms with E-state index in [0.29, 0.717) is 0 Å². The number of aromatic nitrogens is 2. The summed E-state index contributed by atoms with van der Waals surface area (Å²) in [6.07, 6.45) is -0.159. The number of hydrogen-bond donors (Lipinski definition) is 1. The summed E-state index contributed by atoms with van der Waals surface area (Å²) in [7, 11) is 3.34. The first-order valence-corrected chi connectivity index (χ1v) is 7.85. The molecule has 0 spiro atoms. The zero-order valence-corrected chi connectivity index (χ0v) is 13.9. The highest BCUT2D eigenvalue weighted by atomic mass is 16.5. The van der Waals surface area contributed by atoms with Crippen LogP contribution in [0.25, 0.3) is 11.3 Å². The highest BCUT2D eigenvalue weighted by Crippen LogP contribution is 2.41. The fraction of sp³-hybridized carbons (Fsp3) is 0.211. The molecule has 0 bridgehead atoms. The van der Waals surface area contributed by atoms with Crippen LogP contribution >= 0.6 is 0 Å². The molecule has 0 fully saturated rings. The molecule has 0 amide bonds. The SMILES string of the molecule is COc1ccc(OC)c(C2Nc3ccccc3-c3cc(C)nn32)c1. The molecule has 122 valence electrons. The van der Waals surface area contributed by atoms with E-state index in [9.17, 15) is 0 Å². The average Bonchev–Trinajstić information content (AvgIpc) is 3.02. The van der Waals surface area contributed by atoms with Crippen molar-refractivity contribution in [1.29, 1.82) is 0 Å². The Labute approximate surface area is 140 Å². The first-order chi connectivity index (χ1) is 11.7. The quantitative estimate of drug-likeness (QED) is 0.796. The van der Waals surface area contributed by atoms with E-state index in [1.165, 1.54) is 0 Å². The minimum absolute atomic E-state index is 0.159. The van der Waals surface area contributed by atoms with E-state index < -0.39 is 0 Å². The van der Waals surface area contributed by atoms with Gasteiger partial charge in [0.2, 0.25) is 0 Å². The van der Waals surface area contributed by atoms with E-state index in [1.54, 1.807) is 14.2 Å². The van der Waals surface area contributed by atoms with Crippen molar-refractivity contribution in [3.63, 3.8) is 0 Å². The highest BCUT2D eigenvalue weighted by Gasteiger charge is 2.28. The molecule has 2 aromatic carbocycles. The van der Waals surface area contributed by atoms with Crippen LogP contribution < -0.4 is 14.8 Å². The normalized spacial score (nSPS) is 15.2. The van der Waals surface area contributed by atoms with Crippen molar-refractivity contribution in [1.82, 2.24) is 9.78 Å². The van der Waals surface area contributed by atoms with Crippen LogP contribution in [0.4, 0.5) is 5.69 Å². The van der Waals surface area contributed by atoms with E-state index >= 15 is 0 Å². The van der Waals surface area contributed by atoms with Crippen molar-refractivity contribution in [2.24, 2.45) is 0 Å². The summed E-state index contributed by atoms with van der Waals surface area (Å²) >= 11 is 0. The number of para-hydroxylation sites is 1. The second-order valence-corrected chi connectivity index (χ2v) is 5.82. The molecule has 0 radical (unpaired) electrons. The molecule has 4 rings (SSSR count). The molecule has 2 heterocycles. The monoisotopic (exact) mass is 321 g/mol. The van der Waals surface area contributed by atoms with Crippen molar-refractivity contribution in [3.05, 3.63) is 59.8 Å². The van der Waals surface area contributed by atoms with E-state index in [-0.39, 0.29) is 6.17 Å². The summed E-state index contributed by atoms with van der Waals surface area (Å²) in [6.45, 7) is 2.01. The van der Waals surface area contributed by atoms with Gasteiger partial charge in [-0.15, -0.1) is 0 Å². The summed E-state index contributed by atoms with van der Waals surface area (Å²) in [6, 6.07) is 16.2. The minimum Gasteiger partial charge on any atom is -0.497 e. The number of fused-ring (bicyclic) bond motifs is 3. The maximum absolute atomic E-state index is 5.57. The van der Waals surface area contributed by atoms with Crippen molar-refractivity contribution in [2.75, 3.05) is 19.5 Å². The molecule has 1 aliphatic rings. The molecule has 3 aromatic rings. The van der Waals surface area contributed by atoms with Gasteiger partial charge in [0, 0.05) is 16.8 Å². The Bertz CT molecular complexity index is 901. The molecular weight excluding hydrogens is 302 g/mol. The van der Waals surface area contributed by atoms with Gasteiger partial charge in [0.05, 0.1) is 25.6 Å². The van der Waals surface area contributed by atoms with Gasteiger partial charge in [-0.2, -0.15) is 5.10 Å². The molecule has 1 aromatic heterocycles. The summed E-state index contributed by atoms with van der Waals surface area (Å²) in [5, 5.41) is 8.27. The third-order valence-corrected chi connectivity index (χ3v) is 4.33. The van der Waals surface area contributed by atoms with Gasteiger partial charge in [0.15, 0.2) is 6.17 Å². The molecule has 24 heavy (non-hydrogen) atoms. The largest absolute Gasteiger partial charge is 0.497 e. The summed E-state index contributed by atoms with van der Waals surface area (Å²) in [5.74, 6) is 1.59. The van der Waals surface area contributed by atoms with Crippen molar-refractivity contribution in [2.45, 2.75) is 13.1 Å². The predicted molar refractivity (Wildman–Crippen MR) is 93.7 cm³/mol. The number of ether oxygens (including phenoxy) is 2.